The number of rotatable bonds is 2. The third-order valence-electron chi connectivity index (χ3n) is 1.66. The fourth-order valence-corrected chi connectivity index (χ4v) is 0.938. The summed E-state index contributed by atoms with van der Waals surface area (Å²) in [5.74, 6) is -1.53. The van der Waals surface area contributed by atoms with E-state index in [0.29, 0.717) is 13.0 Å². The molecule has 0 radical (unpaired) electrons. The monoisotopic (exact) mass is 132 g/mol. The van der Waals surface area contributed by atoms with Crippen molar-refractivity contribution in [2.75, 3.05) is 6.61 Å². The average molecular weight is 132 g/mol. The molecule has 0 aromatic heterocycles. The molecule has 1 aliphatic carbocycles. The summed E-state index contributed by atoms with van der Waals surface area (Å²) in [6.07, 6.45) is 0.862. The third-order valence-corrected chi connectivity index (χ3v) is 1.66. The van der Waals surface area contributed by atoms with Gasteiger partial charge in [0.1, 0.15) is 6.10 Å². The highest BCUT2D eigenvalue weighted by Gasteiger charge is 2.44. The molecule has 9 heavy (non-hydrogen) atoms. The fraction of sp³-hybridized carbons (Fsp3) is 1.00. The van der Waals surface area contributed by atoms with Crippen LogP contribution in [-0.4, -0.2) is 28.7 Å². The van der Waals surface area contributed by atoms with Gasteiger partial charge in [-0.1, -0.05) is 0 Å². The van der Waals surface area contributed by atoms with Crippen molar-refractivity contribution in [3.63, 3.8) is 0 Å². The Morgan fingerprint density at radius 3 is 2.44 bits per heavy atom. The van der Waals surface area contributed by atoms with Crippen molar-refractivity contribution >= 4 is 0 Å². The highest BCUT2D eigenvalue weighted by molar-refractivity contribution is 4.87. The molecule has 1 aliphatic rings. The Kier molecular flexibility index (Phi) is 1.75. The zero-order valence-electron chi connectivity index (χ0n) is 5.50. The second-order valence-electron chi connectivity index (χ2n) is 2.36. The predicted octanol–water partition coefficient (Wildman–Crippen LogP) is -0.134. The van der Waals surface area contributed by atoms with Gasteiger partial charge in [0.05, 0.1) is 0 Å². The maximum absolute atomic E-state index is 8.93. The number of hydrogen-bond acceptors (Lipinski definition) is 3. The molecule has 0 saturated heterocycles. The molecule has 3 heteroatoms. The minimum Gasteiger partial charge on any atom is -0.373 e. The summed E-state index contributed by atoms with van der Waals surface area (Å²) in [6.45, 7) is 2.39. The van der Waals surface area contributed by atoms with E-state index in [-0.39, 0.29) is 6.10 Å². The van der Waals surface area contributed by atoms with Gasteiger partial charge in [0.2, 0.25) is 0 Å². The first-order valence-electron chi connectivity index (χ1n) is 3.23. The molecule has 0 aromatic carbocycles. The Morgan fingerprint density at radius 1 is 1.67 bits per heavy atom. The molecule has 3 nitrogen and oxygen atoms in total. The second kappa shape index (κ2) is 2.25. The molecule has 1 atom stereocenters. The number of ether oxygens (including phenoxy) is 1. The van der Waals surface area contributed by atoms with Gasteiger partial charge < -0.3 is 14.9 Å². The lowest BCUT2D eigenvalue weighted by atomic mass is 9.88. The molecule has 0 amide bonds. The fourth-order valence-electron chi connectivity index (χ4n) is 0.938. The van der Waals surface area contributed by atoms with Gasteiger partial charge in [0, 0.05) is 13.0 Å². The van der Waals surface area contributed by atoms with Gasteiger partial charge in [0.15, 0.2) is 5.79 Å². The molecule has 2 N–H and O–H groups in total. The van der Waals surface area contributed by atoms with Crippen LogP contribution in [0.3, 0.4) is 0 Å². The zero-order valence-corrected chi connectivity index (χ0v) is 5.50. The van der Waals surface area contributed by atoms with Gasteiger partial charge in [-0.3, -0.25) is 0 Å². The van der Waals surface area contributed by atoms with E-state index in [4.69, 9.17) is 14.9 Å². The maximum Gasteiger partial charge on any atom is 0.189 e. The number of aliphatic hydroxyl groups is 2. The quantitative estimate of drug-likeness (QED) is 0.514. The Morgan fingerprint density at radius 2 is 2.33 bits per heavy atom. The normalized spacial score (nSPS) is 31.7. The zero-order chi connectivity index (χ0) is 6.91. The molecule has 0 spiro atoms. The summed E-state index contributed by atoms with van der Waals surface area (Å²) >= 11 is 0. The van der Waals surface area contributed by atoms with Crippen molar-refractivity contribution in [1.82, 2.24) is 0 Å². The van der Waals surface area contributed by atoms with E-state index in [1.807, 2.05) is 6.92 Å². The molecule has 0 heterocycles. The lowest BCUT2D eigenvalue weighted by molar-refractivity contribution is -0.289. The van der Waals surface area contributed by atoms with Crippen LogP contribution in [-0.2, 0) is 4.74 Å². The minimum absolute atomic E-state index is 0.345. The standard InChI is InChI=1S/C6H12O3/c1-2-9-5-3-4-6(5,7)8/h5,7-8H,2-4H2,1H3. The van der Waals surface area contributed by atoms with Gasteiger partial charge in [-0.25, -0.2) is 0 Å². The lowest BCUT2D eigenvalue weighted by Gasteiger charge is -2.39. The van der Waals surface area contributed by atoms with Crippen LogP contribution in [0.15, 0.2) is 0 Å². The summed E-state index contributed by atoms with van der Waals surface area (Å²) in [5.41, 5.74) is 0. The number of hydrogen-bond donors (Lipinski definition) is 2. The van der Waals surface area contributed by atoms with Gasteiger partial charge in [-0.05, 0) is 13.3 Å². The van der Waals surface area contributed by atoms with E-state index in [1.165, 1.54) is 0 Å². The van der Waals surface area contributed by atoms with Crippen LogP contribution >= 0.6 is 0 Å². The molecular weight excluding hydrogens is 120 g/mol. The summed E-state index contributed by atoms with van der Waals surface area (Å²) < 4.78 is 4.99. The highest BCUT2D eigenvalue weighted by atomic mass is 16.6. The van der Waals surface area contributed by atoms with E-state index in [9.17, 15) is 0 Å². The Labute approximate surface area is 54.3 Å². The van der Waals surface area contributed by atoms with E-state index < -0.39 is 5.79 Å². The van der Waals surface area contributed by atoms with E-state index >= 15 is 0 Å². The Hall–Kier alpha value is -0.120. The molecule has 54 valence electrons. The topological polar surface area (TPSA) is 49.7 Å². The molecule has 0 aliphatic heterocycles. The van der Waals surface area contributed by atoms with Crippen LogP contribution in [0, 0.1) is 0 Å². The largest absolute Gasteiger partial charge is 0.373 e. The highest BCUT2D eigenvalue weighted by Crippen LogP contribution is 2.31. The predicted molar refractivity (Wildman–Crippen MR) is 31.8 cm³/mol. The summed E-state index contributed by atoms with van der Waals surface area (Å²) in [4.78, 5) is 0. The van der Waals surface area contributed by atoms with Crippen LogP contribution < -0.4 is 0 Å². The molecular formula is C6H12O3. The van der Waals surface area contributed by atoms with Crippen LogP contribution in [0.5, 0.6) is 0 Å². The van der Waals surface area contributed by atoms with Gasteiger partial charge in [-0.15, -0.1) is 0 Å². The first kappa shape index (κ1) is 6.99. The molecule has 0 aromatic rings. The Balaban J connectivity index is 2.28. The van der Waals surface area contributed by atoms with Crippen molar-refractivity contribution in [3.05, 3.63) is 0 Å². The first-order valence-corrected chi connectivity index (χ1v) is 3.23. The molecule has 1 unspecified atom stereocenters. The van der Waals surface area contributed by atoms with Gasteiger partial charge >= 0.3 is 0 Å². The van der Waals surface area contributed by atoms with E-state index in [1.54, 1.807) is 0 Å². The van der Waals surface area contributed by atoms with Crippen LogP contribution in [0.25, 0.3) is 0 Å². The second-order valence-corrected chi connectivity index (χ2v) is 2.36. The lowest BCUT2D eigenvalue weighted by Crippen LogP contribution is -2.52. The van der Waals surface area contributed by atoms with Crippen LogP contribution in [0.2, 0.25) is 0 Å². The van der Waals surface area contributed by atoms with Crippen LogP contribution in [0.1, 0.15) is 19.8 Å². The molecule has 1 saturated carbocycles. The SMILES string of the molecule is CCOC1CCC1(O)O. The summed E-state index contributed by atoms with van der Waals surface area (Å²) in [7, 11) is 0. The molecule has 1 fully saturated rings. The molecule has 1 rings (SSSR count). The van der Waals surface area contributed by atoms with E-state index in [0.717, 1.165) is 6.42 Å². The third kappa shape index (κ3) is 1.23. The van der Waals surface area contributed by atoms with Crippen molar-refractivity contribution in [2.24, 2.45) is 0 Å². The van der Waals surface area contributed by atoms with Crippen molar-refractivity contribution in [3.8, 4) is 0 Å². The van der Waals surface area contributed by atoms with Crippen LogP contribution in [0.4, 0.5) is 0 Å². The minimum atomic E-state index is -1.53. The smallest absolute Gasteiger partial charge is 0.189 e. The first-order chi connectivity index (χ1) is 4.17. The van der Waals surface area contributed by atoms with E-state index in [2.05, 4.69) is 0 Å². The van der Waals surface area contributed by atoms with Crippen molar-refractivity contribution in [1.29, 1.82) is 0 Å². The van der Waals surface area contributed by atoms with Crippen molar-refractivity contribution in [2.45, 2.75) is 31.7 Å². The summed E-state index contributed by atoms with van der Waals surface area (Å²) in [6, 6.07) is 0. The average Bonchev–Trinajstić information content (AvgIpc) is 1.81. The summed E-state index contributed by atoms with van der Waals surface area (Å²) in [5, 5.41) is 17.9. The maximum atomic E-state index is 8.93. The Bertz CT molecular complexity index is 100. The molecule has 0 bridgehead atoms. The van der Waals surface area contributed by atoms with Crippen molar-refractivity contribution < 1.29 is 14.9 Å². The van der Waals surface area contributed by atoms with Gasteiger partial charge in [0.25, 0.3) is 0 Å². The van der Waals surface area contributed by atoms with Gasteiger partial charge in [-0.2, -0.15) is 0 Å².